The molecule has 17 heavy (non-hydrogen) atoms. The molecule has 2 N–H and O–H groups in total. The summed E-state index contributed by atoms with van der Waals surface area (Å²) >= 11 is 0. The molecule has 3 rings (SSSR count). The molecule has 0 bridgehead atoms. The number of aryl methyl sites for hydroxylation is 1. The van der Waals surface area contributed by atoms with Gasteiger partial charge in [0.25, 0.3) is 0 Å². The molecule has 0 spiro atoms. The maximum atomic E-state index is 5.57. The molecule has 1 aliphatic carbocycles. The van der Waals surface area contributed by atoms with Gasteiger partial charge >= 0.3 is 0 Å². The van der Waals surface area contributed by atoms with Crippen molar-refractivity contribution in [2.24, 2.45) is 0 Å². The summed E-state index contributed by atoms with van der Waals surface area (Å²) in [6.45, 7) is 1.97. The molecule has 0 fully saturated rings. The van der Waals surface area contributed by atoms with Gasteiger partial charge in [-0.2, -0.15) is 0 Å². The van der Waals surface area contributed by atoms with Crippen molar-refractivity contribution in [1.29, 1.82) is 0 Å². The van der Waals surface area contributed by atoms with Crippen molar-refractivity contribution < 1.29 is 0 Å². The lowest BCUT2D eigenvalue weighted by Gasteiger charge is -2.05. The number of nitrogen functional groups attached to an aromatic ring is 1. The minimum Gasteiger partial charge on any atom is -0.368 e. The Bertz CT molecular complexity index is 615. The smallest absolute Gasteiger partial charge is 0.220 e. The molecule has 3 heteroatoms. The Hall–Kier alpha value is -2.16. The average molecular weight is 223 g/mol. The number of rotatable bonds is 1. The molecule has 0 amide bonds. The van der Waals surface area contributed by atoms with Crippen LogP contribution < -0.4 is 5.73 Å². The molecule has 1 aliphatic rings. The Balaban J connectivity index is 2.04. The summed E-state index contributed by atoms with van der Waals surface area (Å²) in [4.78, 5) is 8.28. The molecule has 2 aromatic rings. The number of hydrogen-bond acceptors (Lipinski definition) is 3. The zero-order valence-corrected chi connectivity index (χ0v) is 9.64. The van der Waals surface area contributed by atoms with Crippen LogP contribution in [0.15, 0.2) is 30.5 Å². The van der Waals surface area contributed by atoms with Crippen LogP contribution in [0.3, 0.4) is 0 Å². The Kier molecular flexibility index (Phi) is 2.18. The van der Waals surface area contributed by atoms with E-state index in [1.54, 1.807) is 0 Å². The van der Waals surface area contributed by atoms with Crippen LogP contribution in [-0.4, -0.2) is 9.97 Å². The van der Waals surface area contributed by atoms with Gasteiger partial charge in [-0.25, -0.2) is 9.97 Å². The van der Waals surface area contributed by atoms with Gasteiger partial charge in [0, 0.05) is 11.8 Å². The number of aromatic nitrogens is 2. The second-order valence-corrected chi connectivity index (χ2v) is 4.27. The van der Waals surface area contributed by atoms with Crippen LogP contribution >= 0.6 is 0 Å². The third kappa shape index (κ3) is 1.69. The topological polar surface area (TPSA) is 51.8 Å². The lowest BCUT2D eigenvalue weighted by molar-refractivity contribution is 1.10. The van der Waals surface area contributed by atoms with Crippen molar-refractivity contribution in [3.05, 3.63) is 52.8 Å². The minimum atomic E-state index is 0.336. The molecule has 0 unspecified atom stereocenters. The first-order chi connectivity index (χ1) is 8.24. The molecular formula is C14H13N3. The Morgan fingerprint density at radius 2 is 2.06 bits per heavy atom. The van der Waals surface area contributed by atoms with Gasteiger partial charge < -0.3 is 5.73 Å². The predicted molar refractivity (Wildman–Crippen MR) is 69.2 cm³/mol. The number of hydrogen-bond donors (Lipinski definition) is 1. The summed E-state index contributed by atoms with van der Waals surface area (Å²) in [6.07, 6.45) is 4.97. The van der Waals surface area contributed by atoms with Gasteiger partial charge in [0.15, 0.2) is 0 Å². The Morgan fingerprint density at radius 1 is 1.24 bits per heavy atom. The second-order valence-electron chi connectivity index (χ2n) is 4.27. The summed E-state index contributed by atoms with van der Waals surface area (Å²) in [5.74, 6) is 0.336. The summed E-state index contributed by atoms with van der Waals surface area (Å²) in [5, 5.41) is 0. The monoisotopic (exact) mass is 223 g/mol. The van der Waals surface area contributed by atoms with Crippen LogP contribution in [0.25, 0.3) is 11.6 Å². The molecule has 1 heterocycles. The molecule has 0 saturated carbocycles. The number of benzene rings is 1. The third-order valence-electron chi connectivity index (χ3n) is 3.11. The van der Waals surface area contributed by atoms with Crippen LogP contribution in [0.4, 0.5) is 5.95 Å². The van der Waals surface area contributed by atoms with Crippen LogP contribution in [0.5, 0.6) is 0 Å². The molecule has 0 radical (unpaired) electrons. The van der Waals surface area contributed by atoms with E-state index in [0.29, 0.717) is 5.95 Å². The van der Waals surface area contributed by atoms with Crippen molar-refractivity contribution in [3.63, 3.8) is 0 Å². The van der Waals surface area contributed by atoms with E-state index in [1.165, 1.54) is 16.7 Å². The fourth-order valence-corrected chi connectivity index (χ4v) is 2.25. The van der Waals surface area contributed by atoms with E-state index >= 15 is 0 Å². The van der Waals surface area contributed by atoms with E-state index in [0.717, 1.165) is 17.7 Å². The fraction of sp³-hybridized carbons (Fsp3) is 0.143. The van der Waals surface area contributed by atoms with Crippen LogP contribution in [0, 0.1) is 6.92 Å². The maximum absolute atomic E-state index is 5.57. The van der Waals surface area contributed by atoms with Crippen molar-refractivity contribution in [1.82, 2.24) is 9.97 Å². The number of anilines is 1. The molecule has 1 aromatic heterocycles. The van der Waals surface area contributed by atoms with Gasteiger partial charge in [0.1, 0.15) is 0 Å². The lowest BCUT2D eigenvalue weighted by atomic mass is 10.0. The molecule has 84 valence electrons. The summed E-state index contributed by atoms with van der Waals surface area (Å²) in [6, 6.07) is 8.43. The molecule has 0 atom stereocenters. The van der Waals surface area contributed by atoms with Crippen molar-refractivity contribution in [2.75, 3.05) is 5.73 Å². The van der Waals surface area contributed by atoms with Crippen LogP contribution in [0.2, 0.25) is 0 Å². The normalized spacial score (nSPS) is 13.4. The first-order valence-electron chi connectivity index (χ1n) is 5.62. The average Bonchev–Trinajstić information content (AvgIpc) is 2.72. The number of allylic oxidation sites excluding steroid dienone is 1. The summed E-state index contributed by atoms with van der Waals surface area (Å²) in [5.41, 5.74) is 11.5. The van der Waals surface area contributed by atoms with Gasteiger partial charge in [-0.15, -0.1) is 0 Å². The third-order valence-corrected chi connectivity index (χ3v) is 3.11. The van der Waals surface area contributed by atoms with E-state index in [4.69, 9.17) is 5.73 Å². The first kappa shape index (κ1) is 10.0. The number of nitrogens with two attached hydrogens (primary N) is 1. The van der Waals surface area contributed by atoms with Crippen LogP contribution in [-0.2, 0) is 6.42 Å². The quantitative estimate of drug-likeness (QED) is 0.808. The summed E-state index contributed by atoms with van der Waals surface area (Å²) in [7, 11) is 0. The van der Waals surface area contributed by atoms with E-state index in [2.05, 4.69) is 40.3 Å². The lowest BCUT2D eigenvalue weighted by Crippen LogP contribution is -2.00. The number of nitrogens with zero attached hydrogens (tertiary/aromatic N) is 2. The van der Waals surface area contributed by atoms with Gasteiger partial charge in [0.2, 0.25) is 5.95 Å². The van der Waals surface area contributed by atoms with Gasteiger partial charge in [0.05, 0.1) is 5.69 Å². The molecule has 0 aliphatic heterocycles. The van der Waals surface area contributed by atoms with E-state index in [9.17, 15) is 0 Å². The first-order valence-corrected chi connectivity index (χ1v) is 5.62. The predicted octanol–water partition coefficient (Wildman–Crippen LogP) is 2.46. The van der Waals surface area contributed by atoms with Crippen LogP contribution in [0.1, 0.15) is 22.4 Å². The molecular weight excluding hydrogens is 210 g/mol. The minimum absolute atomic E-state index is 0.336. The molecule has 1 aromatic carbocycles. The Morgan fingerprint density at radius 3 is 2.82 bits per heavy atom. The van der Waals surface area contributed by atoms with E-state index in [1.807, 2.05) is 13.1 Å². The maximum Gasteiger partial charge on any atom is 0.220 e. The van der Waals surface area contributed by atoms with Crippen molar-refractivity contribution in [3.8, 4) is 0 Å². The SMILES string of the molecule is Cc1nc(N)ncc1C1=Cc2ccccc2C1. The zero-order valence-electron chi connectivity index (χ0n) is 9.64. The summed E-state index contributed by atoms with van der Waals surface area (Å²) < 4.78 is 0. The highest BCUT2D eigenvalue weighted by atomic mass is 15.0. The fourth-order valence-electron chi connectivity index (χ4n) is 2.25. The van der Waals surface area contributed by atoms with Gasteiger partial charge in [-0.05, 0) is 30.0 Å². The van der Waals surface area contributed by atoms with Gasteiger partial charge in [-0.3, -0.25) is 0 Å². The van der Waals surface area contributed by atoms with Crippen molar-refractivity contribution in [2.45, 2.75) is 13.3 Å². The number of fused-ring (bicyclic) bond motifs is 1. The zero-order chi connectivity index (χ0) is 11.8. The van der Waals surface area contributed by atoms with Crippen molar-refractivity contribution >= 4 is 17.6 Å². The largest absolute Gasteiger partial charge is 0.368 e. The molecule has 3 nitrogen and oxygen atoms in total. The van der Waals surface area contributed by atoms with E-state index < -0.39 is 0 Å². The van der Waals surface area contributed by atoms with E-state index in [-0.39, 0.29) is 0 Å². The highest BCUT2D eigenvalue weighted by molar-refractivity contribution is 5.88. The highest BCUT2D eigenvalue weighted by Crippen LogP contribution is 2.32. The van der Waals surface area contributed by atoms with Gasteiger partial charge in [-0.1, -0.05) is 30.3 Å². The second kappa shape index (κ2) is 3.70. The highest BCUT2D eigenvalue weighted by Gasteiger charge is 2.15. The standard InChI is InChI=1S/C14H13N3/c1-9-13(8-16-14(15)17-9)12-6-10-4-2-3-5-11(10)7-12/h2-6,8H,7H2,1H3,(H2,15,16,17). The molecule has 0 saturated heterocycles. The Labute approximate surface area is 100 Å².